The van der Waals surface area contributed by atoms with Crippen molar-refractivity contribution >= 4 is 17.5 Å². The Kier molecular flexibility index (Phi) is 5.45. The van der Waals surface area contributed by atoms with Gasteiger partial charge in [0.05, 0.1) is 11.4 Å². The fourth-order valence-electron chi connectivity index (χ4n) is 4.30. The van der Waals surface area contributed by atoms with Crippen LogP contribution in [-0.2, 0) is 0 Å². The maximum absolute atomic E-state index is 13.1. The first kappa shape index (κ1) is 18.4. The third kappa shape index (κ3) is 3.87. The summed E-state index contributed by atoms with van der Waals surface area (Å²) in [7, 11) is 0. The van der Waals surface area contributed by atoms with E-state index < -0.39 is 0 Å². The largest absolute Gasteiger partial charge is 0.336 e. The molecular formula is C20H26ClN5O. The first-order valence-electron chi connectivity index (χ1n) is 9.85. The molecule has 1 saturated heterocycles. The molecule has 1 aliphatic carbocycles. The third-order valence-electron chi connectivity index (χ3n) is 5.81. The quantitative estimate of drug-likeness (QED) is 0.810. The van der Waals surface area contributed by atoms with Gasteiger partial charge in [0.1, 0.15) is 0 Å². The van der Waals surface area contributed by atoms with Crippen molar-refractivity contribution in [2.24, 2.45) is 0 Å². The number of amides is 1. The molecule has 0 N–H and O–H groups in total. The molecule has 6 nitrogen and oxygen atoms in total. The first-order chi connectivity index (χ1) is 13.1. The Labute approximate surface area is 165 Å². The molecule has 2 aromatic rings. The maximum atomic E-state index is 13.1. The summed E-state index contributed by atoms with van der Waals surface area (Å²) in [5, 5.41) is 9.02. The van der Waals surface area contributed by atoms with Gasteiger partial charge in [-0.2, -0.15) is 0 Å². The minimum Gasteiger partial charge on any atom is -0.336 e. The van der Waals surface area contributed by atoms with Crippen molar-refractivity contribution in [2.45, 2.75) is 45.1 Å². The Morgan fingerprint density at radius 2 is 1.93 bits per heavy atom. The molecule has 2 aliphatic rings. The molecule has 2 fully saturated rings. The van der Waals surface area contributed by atoms with Gasteiger partial charge in [0, 0.05) is 37.2 Å². The normalized spacial score (nSPS) is 19.4. The van der Waals surface area contributed by atoms with E-state index in [0.717, 1.165) is 44.0 Å². The van der Waals surface area contributed by atoms with Gasteiger partial charge in [0.15, 0.2) is 5.69 Å². The van der Waals surface area contributed by atoms with Crippen molar-refractivity contribution in [2.75, 3.05) is 26.2 Å². The molecule has 0 spiro atoms. The zero-order valence-electron chi connectivity index (χ0n) is 15.8. The van der Waals surface area contributed by atoms with E-state index in [2.05, 4.69) is 15.2 Å². The van der Waals surface area contributed by atoms with Crippen LogP contribution < -0.4 is 0 Å². The summed E-state index contributed by atoms with van der Waals surface area (Å²) in [5.74, 6) is -0.0194. The molecule has 0 bridgehead atoms. The van der Waals surface area contributed by atoms with E-state index in [9.17, 15) is 4.79 Å². The van der Waals surface area contributed by atoms with E-state index in [4.69, 9.17) is 11.6 Å². The number of carbonyl (C=O) groups is 1. The second-order valence-electron chi connectivity index (χ2n) is 7.54. The summed E-state index contributed by atoms with van der Waals surface area (Å²) >= 11 is 6.08. The first-order valence-corrected chi connectivity index (χ1v) is 10.2. The summed E-state index contributed by atoms with van der Waals surface area (Å²) in [6.07, 6.45) is 6.32. The average molecular weight is 388 g/mol. The van der Waals surface area contributed by atoms with E-state index in [1.54, 1.807) is 4.68 Å². The number of nitrogens with zero attached hydrogens (tertiary/aromatic N) is 5. The number of hydrogen-bond acceptors (Lipinski definition) is 4. The Morgan fingerprint density at radius 1 is 1.11 bits per heavy atom. The zero-order chi connectivity index (χ0) is 18.8. The molecule has 4 rings (SSSR count). The van der Waals surface area contributed by atoms with Gasteiger partial charge in [-0.3, -0.25) is 9.69 Å². The lowest BCUT2D eigenvalue weighted by Crippen LogP contribution is -2.38. The van der Waals surface area contributed by atoms with Crippen molar-refractivity contribution in [3.05, 3.63) is 40.7 Å². The smallest absolute Gasteiger partial charge is 0.276 e. The van der Waals surface area contributed by atoms with Crippen LogP contribution >= 0.6 is 11.6 Å². The van der Waals surface area contributed by atoms with Gasteiger partial charge < -0.3 is 4.90 Å². The lowest BCUT2D eigenvalue weighted by atomic mass is 10.2. The molecular weight excluding hydrogens is 362 g/mol. The summed E-state index contributed by atoms with van der Waals surface area (Å²) < 4.78 is 1.68. The van der Waals surface area contributed by atoms with Crippen LogP contribution in [0.4, 0.5) is 0 Å². The van der Waals surface area contributed by atoms with Crippen LogP contribution in [0.3, 0.4) is 0 Å². The van der Waals surface area contributed by atoms with Gasteiger partial charge in [-0.15, -0.1) is 5.10 Å². The van der Waals surface area contributed by atoms with Gasteiger partial charge in [-0.1, -0.05) is 35.7 Å². The zero-order valence-corrected chi connectivity index (χ0v) is 16.5. The highest BCUT2D eigenvalue weighted by Crippen LogP contribution is 2.25. The number of halogens is 1. The van der Waals surface area contributed by atoms with Crippen LogP contribution in [0.5, 0.6) is 0 Å². The second-order valence-corrected chi connectivity index (χ2v) is 7.97. The summed E-state index contributed by atoms with van der Waals surface area (Å²) in [6.45, 7) is 5.47. The highest BCUT2D eigenvalue weighted by molar-refractivity contribution is 6.30. The standard InChI is InChI=1S/C20H26ClN5O/c1-15-19(22-23-26(15)18-9-4-6-16(21)14-18)20(27)25-11-5-10-24(12-13-25)17-7-2-3-8-17/h4,6,9,14,17H,2-3,5,7-8,10-13H2,1H3. The van der Waals surface area contributed by atoms with E-state index in [-0.39, 0.29) is 5.91 Å². The highest BCUT2D eigenvalue weighted by Gasteiger charge is 2.28. The third-order valence-corrected chi connectivity index (χ3v) is 6.04. The average Bonchev–Trinajstić information content (AvgIpc) is 3.26. The monoisotopic (exact) mass is 387 g/mol. The Hall–Kier alpha value is -1.92. The fourth-order valence-corrected chi connectivity index (χ4v) is 4.49. The van der Waals surface area contributed by atoms with E-state index in [1.165, 1.54) is 25.7 Å². The molecule has 2 heterocycles. The molecule has 7 heteroatoms. The Balaban J connectivity index is 1.48. The van der Waals surface area contributed by atoms with E-state index in [1.807, 2.05) is 36.1 Å². The van der Waals surface area contributed by atoms with Crippen molar-refractivity contribution < 1.29 is 4.79 Å². The van der Waals surface area contributed by atoms with Crippen molar-refractivity contribution in [1.82, 2.24) is 24.8 Å². The maximum Gasteiger partial charge on any atom is 0.276 e. The lowest BCUT2D eigenvalue weighted by Gasteiger charge is -2.27. The van der Waals surface area contributed by atoms with Gasteiger partial charge >= 0.3 is 0 Å². The van der Waals surface area contributed by atoms with Gasteiger partial charge in [-0.25, -0.2) is 4.68 Å². The molecule has 1 aliphatic heterocycles. The van der Waals surface area contributed by atoms with Crippen LogP contribution in [0, 0.1) is 6.92 Å². The van der Waals surface area contributed by atoms with Crippen molar-refractivity contribution in [3.63, 3.8) is 0 Å². The minimum atomic E-state index is -0.0194. The number of aromatic nitrogens is 3. The van der Waals surface area contributed by atoms with Crippen LogP contribution in [0.2, 0.25) is 5.02 Å². The number of rotatable bonds is 3. The summed E-state index contributed by atoms with van der Waals surface area (Å²) in [6, 6.07) is 8.13. The Morgan fingerprint density at radius 3 is 2.70 bits per heavy atom. The van der Waals surface area contributed by atoms with E-state index >= 15 is 0 Å². The topological polar surface area (TPSA) is 54.3 Å². The second kappa shape index (κ2) is 7.98. The molecule has 0 atom stereocenters. The van der Waals surface area contributed by atoms with Gasteiger partial charge in [-0.05, 0) is 44.4 Å². The van der Waals surface area contributed by atoms with Crippen LogP contribution in [0.25, 0.3) is 5.69 Å². The molecule has 1 aromatic heterocycles. The van der Waals surface area contributed by atoms with Crippen LogP contribution in [0.15, 0.2) is 24.3 Å². The Bertz CT molecular complexity index is 814. The molecule has 27 heavy (non-hydrogen) atoms. The molecule has 144 valence electrons. The molecule has 0 radical (unpaired) electrons. The number of carbonyl (C=O) groups excluding carboxylic acids is 1. The number of benzene rings is 1. The molecule has 1 amide bonds. The highest BCUT2D eigenvalue weighted by atomic mass is 35.5. The van der Waals surface area contributed by atoms with Crippen LogP contribution in [0.1, 0.15) is 48.3 Å². The molecule has 1 saturated carbocycles. The van der Waals surface area contributed by atoms with E-state index in [0.29, 0.717) is 16.8 Å². The number of hydrogen-bond donors (Lipinski definition) is 0. The predicted molar refractivity (Wildman–Crippen MR) is 105 cm³/mol. The predicted octanol–water partition coefficient (Wildman–Crippen LogP) is 3.32. The fraction of sp³-hybridized carbons (Fsp3) is 0.550. The SMILES string of the molecule is Cc1c(C(=O)N2CCCN(C3CCCC3)CC2)nnn1-c1cccc(Cl)c1. The van der Waals surface area contributed by atoms with Crippen molar-refractivity contribution in [1.29, 1.82) is 0 Å². The summed E-state index contributed by atoms with van der Waals surface area (Å²) in [4.78, 5) is 17.6. The lowest BCUT2D eigenvalue weighted by molar-refractivity contribution is 0.0751. The van der Waals surface area contributed by atoms with Gasteiger partial charge in [0.2, 0.25) is 0 Å². The van der Waals surface area contributed by atoms with Gasteiger partial charge in [0.25, 0.3) is 5.91 Å². The van der Waals surface area contributed by atoms with Crippen LogP contribution in [-0.4, -0.2) is 62.9 Å². The summed E-state index contributed by atoms with van der Waals surface area (Å²) in [5.41, 5.74) is 2.00. The molecule has 1 aromatic carbocycles. The minimum absolute atomic E-state index is 0.0194. The van der Waals surface area contributed by atoms with Crippen molar-refractivity contribution in [3.8, 4) is 5.69 Å². The molecule has 0 unspecified atom stereocenters.